The second kappa shape index (κ2) is 7.05. The number of benzene rings is 2. The van der Waals surface area contributed by atoms with Crippen LogP contribution in [0.2, 0.25) is 0 Å². The molecule has 2 rings (SSSR count). The van der Waals surface area contributed by atoms with Gasteiger partial charge in [-0.15, -0.1) is 11.6 Å². The maximum Gasteiger partial charge on any atom is 0.231 e. The number of halogens is 1. The lowest BCUT2D eigenvalue weighted by atomic mass is 9.95. The van der Waals surface area contributed by atoms with Crippen molar-refractivity contribution in [3.63, 3.8) is 0 Å². The van der Waals surface area contributed by atoms with Gasteiger partial charge in [-0.1, -0.05) is 6.07 Å². The topological polar surface area (TPSA) is 38.3 Å². The SMILES string of the molecule is Cc1cc(C)cc(Oc2ccc(NC(=O)C(C)(C)CCl)cc2)c1. The molecule has 0 bridgehead atoms. The average molecular weight is 332 g/mol. The van der Waals surface area contributed by atoms with Crippen LogP contribution in [-0.4, -0.2) is 11.8 Å². The summed E-state index contributed by atoms with van der Waals surface area (Å²) in [6.45, 7) is 7.70. The number of carbonyl (C=O) groups excluding carboxylic acids is 1. The van der Waals surface area contributed by atoms with E-state index >= 15 is 0 Å². The normalized spacial score (nSPS) is 11.2. The van der Waals surface area contributed by atoms with Crippen LogP contribution in [-0.2, 0) is 4.79 Å². The van der Waals surface area contributed by atoms with Gasteiger partial charge in [-0.2, -0.15) is 0 Å². The predicted molar refractivity (Wildman–Crippen MR) is 95.6 cm³/mol. The fraction of sp³-hybridized carbons (Fsp3) is 0.316. The Morgan fingerprint density at radius 1 is 1.04 bits per heavy atom. The number of ether oxygens (including phenoxy) is 1. The Morgan fingerprint density at radius 3 is 2.13 bits per heavy atom. The number of nitrogens with one attached hydrogen (secondary N) is 1. The molecule has 3 nitrogen and oxygen atoms in total. The molecule has 0 radical (unpaired) electrons. The monoisotopic (exact) mass is 331 g/mol. The minimum atomic E-state index is -0.601. The molecule has 0 aliphatic carbocycles. The number of hydrogen-bond donors (Lipinski definition) is 1. The zero-order valence-electron chi connectivity index (χ0n) is 13.9. The number of rotatable bonds is 5. The van der Waals surface area contributed by atoms with E-state index in [0.717, 1.165) is 28.3 Å². The van der Waals surface area contributed by atoms with Crippen molar-refractivity contribution in [1.29, 1.82) is 0 Å². The molecule has 0 unspecified atom stereocenters. The van der Waals surface area contributed by atoms with Crippen LogP contribution in [0.15, 0.2) is 42.5 Å². The summed E-state index contributed by atoms with van der Waals surface area (Å²) in [6.07, 6.45) is 0. The average Bonchev–Trinajstić information content (AvgIpc) is 2.48. The molecular formula is C19H22ClNO2. The first-order valence-electron chi connectivity index (χ1n) is 7.54. The summed E-state index contributed by atoms with van der Waals surface area (Å²) in [5, 5.41) is 2.86. The summed E-state index contributed by atoms with van der Waals surface area (Å²) in [5.41, 5.74) is 2.44. The van der Waals surface area contributed by atoms with E-state index in [4.69, 9.17) is 16.3 Å². The maximum atomic E-state index is 12.1. The van der Waals surface area contributed by atoms with Gasteiger partial charge < -0.3 is 10.1 Å². The molecule has 0 aliphatic heterocycles. The molecule has 0 atom stereocenters. The van der Waals surface area contributed by atoms with Crippen molar-refractivity contribution in [3.05, 3.63) is 53.6 Å². The van der Waals surface area contributed by atoms with E-state index < -0.39 is 5.41 Å². The van der Waals surface area contributed by atoms with Crippen LogP contribution >= 0.6 is 11.6 Å². The third kappa shape index (κ3) is 4.73. The first kappa shape index (κ1) is 17.4. The first-order valence-corrected chi connectivity index (χ1v) is 8.07. The summed E-state index contributed by atoms with van der Waals surface area (Å²) in [5.74, 6) is 1.70. The van der Waals surface area contributed by atoms with Crippen LogP contribution in [0.25, 0.3) is 0 Å². The Hall–Kier alpha value is -2.00. The van der Waals surface area contributed by atoms with Gasteiger partial charge in [-0.25, -0.2) is 0 Å². The van der Waals surface area contributed by atoms with Gasteiger partial charge in [0.15, 0.2) is 0 Å². The molecule has 1 N–H and O–H groups in total. The van der Waals surface area contributed by atoms with Crippen LogP contribution in [0, 0.1) is 19.3 Å². The highest BCUT2D eigenvalue weighted by Gasteiger charge is 2.26. The van der Waals surface area contributed by atoms with Gasteiger partial charge in [0.05, 0.1) is 5.41 Å². The standard InChI is InChI=1S/C19H22ClNO2/c1-13-9-14(2)11-17(10-13)23-16-7-5-15(6-8-16)21-18(22)19(3,4)12-20/h5-11H,12H2,1-4H3,(H,21,22). The van der Waals surface area contributed by atoms with Crippen molar-refractivity contribution in [2.24, 2.45) is 5.41 Å². The first-order chi connectivity index (χ1) is 10.8. The van der Waals surface area contributed by atoms with Crippen molar-refractivity contribution in [3.8, 4) is 11.5 Å². The lowest BCUT2D eigenvalue weighted by Crippen LogP contribution is -2.32. The minimum absolute atomic E-state index is 0.101. The van der Waals surface area contributed by atoms with Crippen molar-refractivity contribution < 1.29 is 9.53 Å². The highest BCUT2D eigenvalue weighted by atomic mass is 35.5. The van der Waals surface area contributed by atoms with Crippen molar-refractivity contribution in [2.45, 2.75) is 27.7 Å². The van der Waals surface area contributed by atoms with Crippen LogP contribution in [0.5, 0.6) is 11.5 Å². The van der Waals surface area contributed by atoms with E-state index in [1.807, 2.05) is 64.1 Å². The molecule has 0 heterocycles. The van der Waals surface area contributed by atoms with Gasteiger partial charge in [0, 0.05) is 11.6 Å². The van der Waals surface area contributed by atoms with E-state index in [9.17, 15) is 4.79 Å². The Balaban J connectivity index is 2.06. The van der Waals surface area contributed by atoms with Crippen LogP contribution in [0.4, 0.5) is 5.69 Å². The lowest BCUT2D eigenvalue weighted by Gasteiger charge is -2.20. The number of alkyl halides is 1. The van der Waals surface area contributed by atoms with Crippen LogP contribution < -0.4 is 10.1 Å². The lowest BCUT2D eigenvalue weighted by molar-refractivity contribution is -0.122. The molecule has 0 saturated heterocycles. The second-order valence-corrected chi connectivity index (χ2v) is 6.69. The minimum Gasteiger partial charge on any atom is -0.457 e. The van der Waals surface area contributed by atoms with Crippen molar-refractivity contribution >= 4 is 23.2 Å². The molecule has 1 amide bonds. The Morgan fingerprint density at radius 2 is 1.61 bits per heavy atom. The molecule has 122 valence electrons. The van der Waals surface area contributed by atoms with Gasteiger partial charge in [0.1, 0.15) is 11.5 Å². The molecule has 0 spiro atoms. The third-order valence-electron chi connectivity index (χ3n) is 3.49. The van der Waals surface area contributed by atoms with Gasteiger partial charge in [-0.05, 0) is 75.2 Å². The maximum absolute atomic E-state index is 12.1. The number of anilines is 1. The van der Waals surface area contributed by atoms with Crippen LogP contribution in [0.3, 0.4) is 0 Å². The summed E-state index contributed by atoms with van der Waals surface area (Å²) >= 11 is 5.81. The van der Waals surface area contributed by atoms with Crippen molar-refractivity contribution in [1.82, 2.24) is 0 Å². The second-order valence-electron chi connectivity index (χ2n) is 6.42. The smallest absolute Gasteiger partial charge is 0.231 e. The van der Waals surface area contributed by atoms with E-state index in [1.165, 1.54) is 0 Å². The van der Waals surface area contributed by atoms with Gasteiger partial charge in [-0.3, -0.25) is 4.79 Å². The van der Waals surface area contributed by atoms with E-state index in [0.29, 0.717) is 0 Å². The Kier molecular flexibility index (Phi) is 5.32. The summed E-state index contributed by atoms with van der Waals surface area (Å²) in [7, 11) is 0. The molecule has 0 saturated carbocycles. The molecule has 0 aromatic heterocycles. The molecule has 2 aromatic carbocycles. The zero-order valence-corrected chi connectivity index (χ0v) is 14.7. The van der Waals surface area contributed by atoms with E-state index in [2.05, 4.69) is 11.4 Å². The van der Waals surface area contributed by atoms with Gasteiger partial charge >= 0.3 is 0 Å². The highest BCUT2D eigenvalue weighted by molar-refractivity contribution is 6.20. The molecule has 23 heavy (non-hydrogen) atoms. The summed E-state index contributed by atoms with van der Waals surface area (Å²) in [6, 6.07) is 13.4. The molecule has 4 heteroatoms. The largest absolute Gasteiger partial charge is 0.457 e. The predicted octanol–water partition coefficient (Wildman–Crippen LogP) is 5.30. The van der Waals surface area contributed by atoms with E-state index in [-0.39, 0.29) is 11.8 Å². The Labute approximate surface area is 142 Å². The summed E-state index contributed by atoms with van der Waals surface area (Å²) < 4.78 is 5.85. The summed E-state index contributed by atoms with van der Waals surface area (Å²) in [4.78, 5) is 12.1. The number of carbonyl (C=O) groups is 1. The number of hydrogen-bond acceptors (Lipinski definition) is 2. The Bertz CT molecular complexity index is 673. The van der Waals surface area contributed by atoms with Crippen LogP contribution in [0.1, 0.15) is 25.0 Å². The number of amides is 1. The number of aryl methyl sites for hydroxylation is 2. The molecule has 0 aliphatic rings. The van der Waals surface area contributed by atoms with E-state index in [1.54, 1.807) is 0 Å². The highest BCUT2D eigenvalue weighted by Crippen LogP contribution is 2.26. The molecular weight excluding hydrogens is 310 g/mol. The van der Waals surface area contributed by atoms with Gasteiger partial charge in [0.25, 0.3) is 0 Å². The molecule has 0 fully saturated rings. The fourth-order valence-corrected chi connectivity index (χ4v) is 2.22. The molecule has 2 aromatic rings. The quantitative estimate of drug-likeness (QED) is 0.755. The van der Waals surface area contributed by atoms with Crippen molar-refractivity contribution in [2.75, 3.05) is 11.2 Å². The zero-order chi connectivity index (χ0) is 17.0. The third-order valence-corrected chi connectivity index (χ3v) is 4.16. The fourth-order valence-electron chi connectivity index (χ4n) is 2.10. The van der Waals surface area contributed by atoms with Gasteiger partial charge in [0.2, 0.25) is 5.91 Å².